The Kier molecular flexibility index (Phi) is 6.83. The van der Waals surface area contributed by atoms with E-state index in [0.717, 1.165) is 5.75 Å². The Labute approximate surface area is 107 Å². The average molecular weight is 253 g/mol. The Bertz CT molecular complexity index is 342. The first-order chi connectivity index (χ1) is 8.74. The molecule has 100 valence electrons. The van der Waals surface area contributed by atoms with Gasteiger partial charge < -0.3 is 19.9 Å². The van der Waals surface area contributed by atoms with Crippen molar-refractivity contribution in [1.29, 1.82) is 0 Å². The number of carbonyl (C=O) groups is 1. The van der Waals surface area contributed by atoms with Crippen molar-refractivity contribution in [1.82, 2.24) is 5.32 Å². The summed E-state index contributed by atoms with van der Waals surface area (Å²) in [7, 11) is 0. The molecular formula is C13H19NO4. The number of hydrogen-bond donors (Lipinski definition) is 2. The third kappa shape index (κ3) is 5.65. The first-order valence-corrected chi connectivity index (χ1v) is 5.95. The molecule has 0 saturated carbocycles. The van der Waals surface area contributed by atoms with E-state index in [1.165, 1.54) is 0 Å². The summed E-state index contributed by atoms with van der Waals surface area (Å²) in [6.07, 6.45) is 0. The van der Waals surface area contributed by atoms with Crippen LogP contribution in [0.3, 0.4) is 0 Å². The largest absolute Gasteiger partial charge is 0.491 e. The monoisotopic (exact) mass is 253 g/mol. The van der Waals surface area contributed by atoms with Crippen LogP contribution in [0.4, 0.5) is 0 Å². The van der Waals surface area contributed by atoms with Crippen molar-refractivity contribution < 1.29 is 19.4 Å². The minimum absolute atomic E-state index is 0.140. The average Bonchev–Trinajstić information content (AvgIpc) is 2.38. The van der Waals surface area contributed by atoms with Gasteiger partial charge in [0, 0.05) is 0 Å². The molecule has 0 saturated heterocycles. The van der Waals surface area contributed by atoms with E-state index < -0.39 is 12.0 Å². The Morgan fingerprint density at radius 1 is 1.33 bits per heavy atom. The molecule has 0 aliphatic heterocycles. The molecule has 0 fully saturated rings. The van der Waals surface area contributed by atoms with Gasteiger partial charge in [-0.1, -0.05) is 25.1 Å². The van der Waals surface area contributed by atoms with E-state index in [0.29, 0.717) is 19.8 Å². The molecule has 0 aromatic heterocycles. The third-order valence-corrected chi connectivity index (χ3v) is 2.27. The van der Waals surface area contributed by atoms with E-state index in [9.17, 15) is 4.79 Å². The van der Waals surface area contributed by atoms with E-state index in [4.69, 9.17) is 14.6 Å². The van der Waals surface area contributed by atoms with Crippen LogP contribution in [0.15, 0.2) is 30.3 Å². The van der Waals surface area contributed by atoms with Gasteiger partial charge >= 0.3 is 5.97 Å². The second kappa shape index (κ2) is 8.49. The van der Waals surface area contributed by atoms with Crippen LogP contribution in [0.25, 0.3) is 0 Å². The van der Waals surface area contributed by atoms with E-state index in [1.54, 1.807) is 0 Å². The van der Waals surface area contributed by atoms with Gasteiger partial charge in [0.1, 0.15) is 18.4 Å². The highest BCUT2D eigenvalue weighted by Crippen LogP contribution is 2.07. The van der Waals surface area contributed by atoms with Crippen LogP contribution < -0.4 is 10.1 Å². The number of carboxylic acids is 1. The molecule has 0 heterocycles. The van der Waals surface area contributed by atoms with Gasteiger partial charge in [0.05, 0.1) is 13.2 Å². The first kappa shape index (κ1) is 14.5. The lowest BCUT2D eigenvalue weighted by Gasteiger charge is -2.13. The summed E-state index contributed by atoms with van der Waals surface area (Å²) < 4.78 is 10.7. The second-order valence-corrected chi connectivity index (χ2v) is 3.68. The number of para-hydroxylation sites is 1. The zero-order chi connectivity index (χ0) is 13.2. The SMILES string of the molecule is CCNC(COCCOc1ccccc1)C(=O)O. The maximum atomic E-state index is 10.8. The van der Waals surface area contributed by atoms with Crippen molar-refractivity contribution in [2.45, 2.75) is 13.0 Å². The van der Waals surface area contributed by atoms with Gasteiger partial charge in [0.15, 0.2) is 0 Å². The van der Waals surface area contributed by atoms with Gasteiger partial charge in [-0.3, -0.25) is 4.79 Å². The molecule has 0 bridgehead atoms. The normalized spacial score (nSPS) is 12.1. The minimum atomic E-state index is -0.902. The van der Waals surface area contributed by atoms with Crippen molar-refractivity contribution in [2.75, 3.05) is 26.4 Å². The summed E-state index contributed by atoms with van der Waals surface area (Å²) in [6.45, 7) is 3.36. The molecule has 1 aromatic carbocycles. The minimum Gasteiger partial charge on any atom is -0.491 e. The maximum absolute atomic E-state index is 10.8. The molecule has 0 spiro atoms. The van der Waals surface area contributed by atoms with Crippen molar-refractivity contribution in [2.24, 2.45) is 0 Å². The highest BCUT2D eigenvalue weighted by atomic mass is 16.5. The van der Waals surface area contributed by atoms with E-state index in [1.807, 2.05) is 37.3 Å². The van der Waals surface area contributed by atoms with E-state index in [2.05, 4.69) is 5.32 Å². The Balaban J connectivity index is 2.12. The summed E-state index contributed by atoms with van der Waals surface area (Å²) in [5.74, 6) is -0.122. The molecule has 0 aliphatic rings. The highest BCUT2D eigenvalue weighted by molar-refractivity contribution is 5.73. The van der Waals surface area contributed by atoms with Gasteiger partial charge in [-0.15, -0.1) is 0 Å². The van der Waals surface area contributed by atoms with Crippen LogP contribution in [-0.4, -0.2) is 43.5 Å². The Hall–Kier alpha value is -1.59. The predicted molar refractivity (Wildman–Crippen MR) is 67.9 cm³/mol. The third-order valence-electron chi connectivity index (χ3n) is 2.27. The first-order valence-electron chi connectivity index (χ1n) is 5.95. The molecule has 1 atom stereocenters. The van der Waals surface area contributed by atoms with Gasteiger partial charge in [0.2, 0.25) is 0 Å². The summed E-state index contributed by atoms with van der Waals surface area (Å²) in [5.41, 5.74) is 0. The van der Waals surface area contributed by atoms with Gasteiger partial charge in [0.25, 0.3) is 0 Å². The number of carboxylic acid groups (broad SMARTS) is 1. The fraction of sp³-hybridized carbons (Fsp3) is 0.462. The van der Waals surface area contributed by atoms with Crippen LogP contribution >= 0.6 is 0 Å². The number of rotatable bonds is 9. The molecule has 1 unspecified atom stereocenters. The number of hydrogen-bond acceptors (Lipinski definition) is 4. The summed E-state index contributed by atoms with van der Waals surface area (Å²) in [4.78, 5) is 10.8. The number of aliphatic carboxylic acids is 1. The second-order valence-electron chi connectivity index (χ2n) is 3.68. The maximum Gasteiger partial charge on any atom is 0.323 e. The molecule has 5 nitrogen and oxygen atoms in total. The predicted octanol–water partition coefficient (Wildman–Crippen LogP) is 1.14. The molecule has 1 aromatic rings. The quantitative estimate of drug-likeness (QED) is 0.646. The lowest BCUT2D eigenvalue weighted by molar-refractivity contribution is -0.141. The van der Waals surface area contributed by atoms with E-state index >= 15 is 0 Å². The molecule has 0 radical (unpaired) electrons. The molecule has 2 N–H and O–H groups in total. The topological polar surface area (TPSA) is 67.8 Å². The smallest absolute Gasteiger partial charge is 0.323 e. The van der Waals surface area contributed by atoms with Crippen LogP contribution in [0.5, 0.6) is 5.75 Å². The summed E-state index contributed by atoms with van der Waals surface area (Å²) in [5, 5.41) is 11.7. The molecule has 1 rings (SSSR count). The van der Waals surface area contributed by atoms with Gasteiger partial charge in [-0.2, -0.15) is 0 Å². The van der Waals surface area contributed by atoms with E-state index in [-0.39, 0.29) is 6.61 Å². The standard InChI is InChI=1S/C13H19NO4/c1-2-14-12(13(15)16)10-17-8-9-18-11-6-4-3-5-7-11/h3-7,12,14H,2,8-10H2,1H3,(H,15,16). The van der Waals surface area contributed by atoms with Gasteiger partial charge in [-0.25, -0.2) is 0 Å². The molecule has 5 heteroatoms. The summed E-state index contributed by atoms with van der Waals surface area (Å²) >= 11 is 0. The van der Waals surface area contributed by atoms with Crippen molar-refractivity contribution in [3.8, 4) is 5.75 Å². The Morgan fingerprint density at radius 2 is 2.06 bits per heavy atom. The van der Waals surface area contributed by atoms with Crippen LogP contribution in [0, 0.1) is 0 Å². The van der Waals surface area contributed by atoms with Crippen molar-refractivity contribution >= 4 is 5.97 Å². The molecule has 0 amide bonds. The molecular weight excluding hydrogens is 234 g/mol. The van der Waals surface area contributed by atoms with Crippen molar-refractivity contribution in [3.05, 3.63) is 30.3 Å². The molecule has 18 heavy (non-hydrogen) atoms. The fourth-order valence-corrected chi connectivity index (χ4v) is 1.40. The zero-order valence-electron chi connectivity index (χ0n) is 10.5. The highest BCUT2D eigenvalue weighted by Gasteiger charge is 2.15. The van der Waals surface area contributed by atoms with Crippen LogP contribution in [0.2, 0.25) is 0 Å². The lowest BCUT2D eigenvalue weighted by atomic mass is 10.3. The fourth-order valence-electron chi connectivity index (χ4n) is 1.40. The number of likely N-dealkylation sites (N-methyl/N-ethyl adjacent to an activating group) is 1. The van der Waals surface area contributed by atoms with Crippen LogP contribution in [0.1, 0.15) is 6.92 Å². The number of nitrogens with one attached hydrogen (secondary N) is 1. The number of benzene rings is 1. The zero-order valence-corrected chi connectivity index (χ0v) is 10.5. The lowest BCUT2D eigenvalue weighted by Crippen LogP contribution is -2.40. The summed E-state index contributed by atoms with van der Waals surface area (Å²) in [6, 6.07) is 8.75. The van der Waals surface area contributed by atoms with Crippen LogP contribution in [-0.2, 0) is 9.53 Å². The van der Waals surface area contributed by atoms with Crippen molar-refractivity contribution in [3.63, 3.8) is 0 Å². The Morgan fingerprint density at radius 3 is 2.67 bits per heavy atom. The number of ether oxygens (including phenoxy) is 2. The molecule has 0 aliphatic carbocycles. The van der Waals surface area contributed by atoms with Gasteiger partial charge in [-0.05, 0) is 18.7 Å².